The van der Waals surface area contributed by atoms with E-state index in [0.29, 0.717) is 19.3 Å². The van der Waals surface area contributed by atoms with Crippen LogP contribution in [0, 0.1) is 0 Å². The average molecular weight is 1020 g/mol. The van der Waals surface area contributed by atoms with Gasteiger partial charge in [0, 0.05) is 19.3 Å². The molecule has 0 aliphatic rings. The Morgan fingerprint density at radius 2 is 0.375 bits per heavy atom. The lowest BCUT2D eigenvalue weighted by molar-refractivity contribution is -0.167. The predicted octanol–water partition coefficient (Wildman–Crippen LogP) is 22.3. The number of esters is 3. The largest absolute Gasteiger partial charge is 0.462 e. The Labute approximate surface area is 450 Å². The standard InChI is InChI=1S/C66H128O6/c1-4-7-10-13-16-19-22-25-28-30-31-32-33-34-36-38-41-44-47-50-53-56-59-65(68)71-62-63(61-70-64(67)58-55-52-49-46-43-40-37-27-24-21-18-15-12-9-6-3)72-66(69)60-57-54-51-48-45-42-39-35-29-26-23-20-17-14-11-8-5-2/h63H,4-62H2,1-3H3. The molecule has 6 heteroatoms. The second-order valence-corrected chi connectivity index (χ2v) is 22.8. The summed E-state index contributed by atoms with van der Waals surface area (Å²) in [5, 5.41) is 0. The summed E-state index contributed by atoms with van der Waals surface area (Å²) in [4.78, 5) is 38.3. The van der Waals surface area contributed by atoms with Crippen LogP contribution in [0.15, 0.2) is 0 Å². The van der Waals surface area contributed by atoms with Crippen LogP contribution >= 0.6 is 0 Å². The van der Waals surface area contributed by atoms with E-state index in [4.69, 9.17) is 14.2 Å². The first-order chi connectivity index (χ1) is 35.5. The minimum absolute atomic E-state index is 0.0603. The van der Waals surface area contributed by atoms with Crippen LogP contribution in [-0.2, 0) is 28.6 Å². The van der Waals surface area contributed by atoms with Crippen molar-refractivity contribution in [3.8, 4) is 0 Å². The number of carbonyl (C=O) groups excluding carboxylic acids is 3. The van der Waals surface area contributed by atoms with Gasteiger partial charge in [-0.05, 0) is 19.3 Å². The summed E-state index contributed by atoms with van der Waals surface area (Å²) in [5.74, 6) is -0.823. The van der Waals surface area contributed by atoms with Crippen LogP contribution in [0.25, 0.3) is 0 Å². The zero-order chi connectivity index (χ0) is 52.2. The number of carbonyl (C=O) groups is 3. The highest BCUT2D eigenvalue weighted by atomic mass is 16.6. The molecule has 0 saturated carbocycles. The molecule has 0 fully saturated rings. The van der Waals surface area contributed by atoms with Crippen molar-refractivity contribution in [1.82, 2.24) is 0 Å². The summed E-state index contributed by atoms with van der Waals surface area (Å²) < 4.78 is 17.0. The molecule has 0 aromatic rings. The van der Waals surface area contributed by atoms with Gasteiger partial charge in [0.05, 0.1) is 0 Å². The van der Waals surface area contributed by atoms with Crippen molar-refractivity contribution in [1.29, 1.82) is 0 Å². The van der Waals surface area contributed by atoms with E-state index in [9.17, 15) is 14.4 Å². The van der Waals surface area contributed by atoms with Crippen LogP contribution in [0.1, 0.15) is 387 Å². The van der Waals surface area contributed by atoms with E-state index in [1.807, 2.05) is 0 Å². The Morgan fingerprint density at radius 1 is 0.222 bits per heavy atom. The molecular weight excluding hydrogens is 889 g/mol. The summed E-state index contributed by atoms with van der Waals surface area (Å²) in [7, 11) is 0. The summed E-state index contributed by atoms with van der Waals surface area (Å²) in [6, 6.07) is 0. The fraction of sp³-hybridized carbons (Fsp3) is 0.955. The van der Waals surface area contributed by atoms with Crippen molar-refractivity contribution in [2.75, 3.05) is 13.2 Å². The molecule has 0 saturated heterocycles. The van der Waals surface area contributed by atoms with Gasteiger partial charge < -0.3 is 14.2 Å². The van der Waals surface area contributed by atoms with Crippen molar-refractivity contribution in [2.24, 2.45) is 0 Å². The first-order valence-electron chi connectivity index (χ1n) is 33.0. The van der Waals surface area contributed by atoms with Crippen LogP contribution in [0.5, 0.6) is 0 Å². The van der Waals surface area contributed by atoms with Gasteiger partial charge in [0.2, 0.25) is 0 Å². The van der Waals surface area contributed by atoms with Crippen molar-refractivity contribution in [2.45, 2.75) is 393 Å². The summed E-state index contributed by atoms with van der Waals surface area (Å²) in [5.41, 5.74) is 0. The monoisotopic (exact) mass is 1020 g/mol. The Balaban J connectivity index is 4.24. The van der Waals surface area contributed by atoms with Gasteiger partial charge in [-0.1, -0.05) is 348 Å². The SMILES string of the molecule is CCCCCCCCCCCCCCCCCCCCCCCCC(=O)OCC(COC(=O)CCCCCCCCCCCCCCCCC)OC(=O)CCCCCCCCCCCCCCCCCCC. The molecule has 0 rings (SSSR count). The maximum atomic E-state index is 12.9. The van der Waals surface area contributed by atoms with Gasteiger partial charge in [0.15, 0.2) is 6.10 Å². The number of hydrogen-bond acceptors (Lipinski definition) is 6. The Hall–Kier alpha value is -1.59. The highest BCUT2D eigenvalue weighted by Gasteiger charge is 2.19. The molecule has 6 nitrogen and oxygen atoms in total. The summed E-state index contributed by atoms with van der Waals surface area (Å²) in [6.45, 7) is 6.74. The fourth-order valence-corrected chi connectivity index (χ4v) is 10.4. The topological polar surface area (TPSA) is 78.9 Å². The van der Waals surface area contributed by atoms with Crippen LogP contribution in [0.4, 0.5) is 0 Å². The maximum absolute atomic E-state index is 12.9. The highest BCUT2D eigenvalue weighted by Crippen LogP contribution is 2.19. The molecule has 0 bridgehead atoms. The summed E-state index contributed by atoms with van der Waals surface area (Å²) in [6.07, 6.45) is 71.1. The van der Waals surface area contributed by atoms with E-state index in [2.05, 4.69) is 20.8 Å². The van der Waals surface area contributed by atoms with Crippen LogP contribution in [0.2, 0.25) is 0 Å². The smallest absolute Gasteiger partial charge is 0.306 e. The zero-order valence-corrected chi connectivity index (χ0v) is 49.2. The molecule has 428 valence electrons. The third-order valence-corrected chi connectivity index (χ3v) is 15.4. The van der Waals surface area contributed by atoms with Crippen LogP contribution < -0.4 is 0 Å². The number of hydrogen-bond donors (Lipinski definition) is 0. The third-order valence-electron chi connectivity index (χ3n) is 15.4. The molecule has 72 heavy (non-hydrogen) atoms. The molecule has 0 amide bonds. The van der Waals surface area contributed by atoms with Gasteiger partial charge in [-0.25, -0.2) is 0 Å². The minimum atomic E-state index is -0.762. The number of rotatable bonds is 62. The molecule has 0 heterocycles. The van der Waals surface area contributed by atoms with E-state index < -0.39 is 6.10 Å². The summed E-state index contributed by atoms with van der Waals surface area (Å²) >= 11 is 0. The zero-order valence-electron chi connectivity index (χ0n) is 49.2. The molecule has 0 radical (unpaired) electrons. The maximum Gasteiger partial charge on any atom is 0.306 e. The molecule has 1 unspecified atom stereocenters. The molecule has 0 aliphatic carbocycles. The van der Waals surface area contributed by atoms with Crippen molar-refractivity contribution in [3.05, 3.63) is 0 Å². The predicted molar refractivity (Wildman–Crippen MR) is 312 cm³/mol. The Kier molecular flexibility index (Phi) is 60.6. The van der Waals surface area contributed by atoms with E-state index >= 15 is 0 Å². The number of unbranched alkanes of at least 4 members (excludes halogenated alkanes) is 51. The van der Waals surface area contributed by atoms with Gasteiger partial charge in [-0.3, -0.25) is 14.4 Å². The molecule has 1 atom stereocenters. The molecule has 0 N–H and O–H groups in total. The van der Waals surface area contributed by atoms with E-state index in [-0.39, 0.29) is 31.1 Å². The second kappa shape index (κ2) is 62.0. The molecular formula is C66H128O6. The van der Waals surface area contributed by atoms with Gasteiger partial charge in [0.1, 0.15) is 13.2 Å². The lowest BCUT2D eigenvalue weighted by Crippen LogP contribution is -2.30. The minimum Gasteiger partial charge on any atom is -0.462 e. The van der Waals surface area contributed by atoms with Gasteiger partial charge >= 0.3 is 17.9 Å². The van der Waals surface area contributed by atoms with Crippen LogP contribution in [-0.4, -0.2) is 37.2 Å². The Bertz CT molecular complexity index is 1080. The first kappa shape index (κ1) is 70.4. The average Bonchev–Trinajstić information content (AvgIpc) is 3.38. The van der Waals surface area contributed by atoms with Crippen molar-refractivity contribution < 1.29 is 28.6 Å². The second-order valence-electron chi connectivity index (χ2n) is 22.8. The molecule has 0 spiro atoms. The quantitative estimate of drug-likeness (QED) is 0.0343. The Morgan fingerprint density at radius 3 is 0.556 bits per heavy atom. The third kappa shape index (κ3) is 59.3. The van der Waals surface area contributed by atoms with Crippen LogP contribution in [0.3, 0.4) is 0 Å². The lowest BCUT2D eigenvalue weighted by atomic mass is 10.0. The van der Waals surface area contributed by atoms with Gasteiger partial charge in [0.25, 0.3) is 0 Å². The molecule has 0 aromatic carbocycles. The highest BCUT2D eigenvalue weighted by molar-refractivity contribution is 5.71. The van der Waals surface area contributed by atoms with E-state index in [1.54, 1.807) is 0 Å². The van der Waals surface area contributed by atoms with Crippen molar-refractivity contribution in [3.63, 3.8) is 0 Å². The normalized spacial score (nSPS) is 11.9. The molecule has 0 aromatic heterocycles. The van der Waals surface area contributed by atoms with E-state index in [0.717, 1.165) is 57.8 Å². The molecule has 0 aliphatic heterocycles. The van der Waals surface area contributed by atoms with Gasteiger partial charge in [-0.15, -0.1) is 0 Å². The number of ether oxygens (including phenoxy) is 3. The first-order valence-corrected chi connectivity index (χ1v) is 33.0. The van der Waals surface area contributed by atoms with Gasteiger partial charge in [-0.2, -0.15) is 0 Å². The lowest BCUT2D eigenvalue weighted by Gasteiger charge is -2.18. The van der Waals surface area contributed by atoms with E-state index in [1.165, 1.54) is 289 Å². The van der Waals surface area contributed by atoms with Crippen molar-refractivity contribution >= 4 is 17.9 Å². The fourth-order valence-electron chi connectivity index (χ4n) is 10.4.